The van der Waals surface area contributed by atoms with Crippen molar-refractivity contribution in [3.05, 3.63) is 93.5 Å². The van der Waals surface area contributed by atoms with Crippen molar-refractivity contribution in [1.29, 1.82) is 0 Å². The number of piperidine rings is 2. The van der Waals surface area contributed by atoms with Gasteiger partial charge in [-0.15, -0.1) is 11.3 Å². The number of benzene rings is 3. The highest BCUT2D eigenvalue weighted by atomic mass is 35.5. The number of amides is 3. The van der Waals surface area contributed by atoms with Gasteiger partial charge in [0.25, 0.3) is 0 Å². The maximum atomic E-state index is 13.6. The van der Waals surface area contributed by atoms with E-state index in [4.69, 9.17) is 21.1 Å². The summed E-state index contributed by atoms with van der Waals surface area (Å²) in [7, 11) is -1.89. The number of imide groups is 1. The van der Waals surface area contributed by atoms with E-state index in [1.807, 2.05) is 42.5 Å². The highest BCUT2D eigenvalue weighted by molar-refractivity contribution is 7.88. The lowest BCUT2D eigenvalue weighted by Gasteiger charge is -2.32. The molecule has 5 aromatic rings. The van der Waals surface area contributed by atoms with Crippen molar-refractivity contribution in [2.45, 2.75) is 82.6 Å². The number of nitrogens with one attached hydrogen (secondary N) is 3. The van der Waals surface area contributed by atoms with Crippen molar-refractivity contribution in [2.24, 2.45) is 7.05 Å². The monoisotopic (exact) mass is 932 g/mol. The van der Waals surface area contributed by atoms with Gasteiger partial charge < -0.3 is 25.2 Å². The highest BCUT2D eigenvalue weighted by Crippen LogP contribution is 2.46. The molecule has 1 unspecified atom stereocenters. The number of rotatable bonds is 15. The predicted molar refractivity (Wildman–Crippen MR) is 243 cm³/mol. The van der Waals surface area contributed by atoms with Crippen molar-refractivity contribution < 1.29 is 47.0 Å². The summed E-state index contributed by atoms with van der Waals surface area (Å²) in [5.41, 5.74) is 4.00. The minimum absolute atomic E-state index is 0.0350. The number of esters is 1. The van der Waals surface area contributed by atoms with Crippen molar-refractivity contribution in [1.82, 2.24) is 19.4 Å². The molecule has 4 N–H and O–H groups in total. The Balaban J connectivity index is 0.919. The maximum Gasteiger partial charge on any atom is 0.352 e. The average molecular weight is 934 g/mol. The van der Waals surface area contributed by atoms with Crippen LogP contribution < -0.4 is 20.7 Å². The van der Waals surface area contributed by atoms with Crippen LogP contribution in [0, 0.1) is 0 Å². The van der Waals surface area contributed by atoms with Gasteiger partial charge in [0.2, 0.25) is 27.7 Å². The molecule has 0 saturated carbocycles. The zero-order chi connectivity index (χ0) is 45.9. The van der Waals surface area contributed by atoms with Gasteiger partial charge in [0.1, 0.15) is 10.6 Å². The van der Waals surface area contributed by atoms with Gasteiger partial charge in [0.15, 0.2) is 17.2 Å². The van der Waals surface area contributed by atoms with E-state index in [0.29, 0.717) is 66.2 Å². The first-order valence-corrected chi connectivity index (χ1v) is 23.6. The van der Waals surface area contributed by atoms with E-state index in [0.717, 1.165) is 33.5 Å². The Morgan fingerprint density at radius 2 is 1.72 bits per heavy atom. The third-order valence-corrected chi connectivity index (χ3v) is 14.3. The number of nitrogens with zero attached hydrogens (tertiary/aromatic N) is 3. The standard InChI is InChI=1S/C45H49ClN6O10S2/c1-45(2,3)62-44(58)42-40(61-24-37(55)56)38(46)41(63-42)28-8-6-10-31(23-28)47-29-17-19-52(20-18-29)64(59,60)25-27-7-5-9-30(21-27)48-35(53)15-12-26-11-13-32-34(22-26)51(4)50-39(32)33-14-16-36(54)49-43(33)57/h5-11,13,21-23,29,33,47H,12,14-20,24-25H2,1-4H3,(H,48,53)(H,55,56)(H,49,54,57). The summed E-state index contributed by atoms with van der Waals surface area (Å²) in [6, 6.07) is 19.9. The minimum atomic E-state index is -3.69. The van der Waals surface area contributed by atoms with Crippen LogP contribution in [0.25, 0.3) is 21.3 Å². The second-order valence-electron chi connectivity index (χ2n) is 16.9. The number of carbonyl (C=O) groups excluding carboxylic acids is 4. The third kappa shape index (κ3) is 11.1. The molecule has 1 atom stereocenters. The summed E-state index contributed by atoms with van der Waals surface area (Å²) in [6.45, 7) is 5.07. The zero-order valence-electron chi connectivity index (χ0n) is 35.7. The van der Waals surface area contributed by atoms with Crippen molar-refractivity contribution in [3.8, 4) is 16.2 Å². The fourth-order valence-electron chi connectivity index (χ4n) is 7.79. The van der Waals surface area contributed by atoms with Crippen molar-refractivity contribution in [3.63, 3.8) is 0 Å². The van der Waals surface area contributed by atoms with Crippen molar-refractivity contribution in [2.75, 3.05) is 30.3 Å². The van der Waals surface area contributed by atoms with E-state index in [2.05, 4.69) is 21.0 Å². The molecule has 2 saturated heterocycles. The number of fused-ring (bicyclic) bond motifs is 1. The highest BCUT2D eigenvalue weighted by Gasteiger charge is 2.33. The number of carbonyl (C=O) groups is 5. The van der Waals surface area contributed by atoms with E-state index in [-0.39, 0.29) is 58.0 Å². The molecule has 0 aliphatic carbocycles. The molecule has 2 aliphatic rings. The molecule has 338 valence electrons. The number of sulfonamides is 1. The number of thiophene rings is 1. The van der Waals surface area contributed by atoms with Gasteiger partial charge in [0.05, 0.1) is 27.8 Å². The molecule has 0 radical (unpaired) electrons. The molecule has 0 bridgehead atoms. The normalized spacial score (nSPS) is 16.4. The van der Waals surface area contributed by atoms with Crippen LogP contribution in [0.5, 0.6) is 5.75 Å². The van der Waals surface area contributed by atoms with Gasteiger partial charge >= 0.3 is 11.9 Å². The molecule has 0 spiro atoms. The van der Waals surface area contributed by atoms with E-state index < -0.39 is 40.1 Å². The fraction of sp³-hybridized carbons (Fsp3) is 0.378. The van der Waals surface area contributed by atoms with Crippen LogP contribution in [0.3, 0.4) is 0 Å². The third-order valence-electron chi connectivity index (χ3n) is 10.8. The molecule has 64 heavy (non-hydrogen) atoms. The lowest BCUT2D eigenvalue weighted by Crippen LogP contribution is -2.42. The fourth-order valence-corrected chi connectivity index (χ4v) is 10.8. The number of aryl methyl sites for hydroxylation is 2. The first kappa shape index (κ1) is 46.2. The number of aromatic nitrogens is 2. The van der Waals surface area contributed by atoms with Crippen LogP contribution in [0.4, 0.5) is 11.4 Å². The van der Waals surface area contributed by atoms with Gasteiger partial charge in [-0.2, -0.15) is 5.10 Å². The number of carboxylic acid groups (broad SMARTS) is 1. The molecule has 2 aliphatic heterocycles. The molecule has 4 heterocycles. The number of anilines is 2. The van der Waals surface area contributed by atoms with Crippen LogP contribution in [0.2, 0.25) is 5.02 Å². The number of hydrogen-bond donors (Lipinski definition) is 4. The SMILES string of the molecule is Cn1nc(C2CCC(=O)NC2=O)c2ccc(CCC(=O)Nc3cccc(CS(=O)(=O)N4CCC(Nc5cccc(-c6sc(C(=O)OC(C)(C)C)c(OCC(=O)O)c6Cl)c5)CC4)c3)cc21. The Hall–Kier alpha value is -5.82. The van der Waals surface area contributed by atoms with Gasteiger partial charge in [-0.1, -0.05) is 48.0 Å². The van der Waals surface area contributed by atoms with E-state index in [9.17, 15) is 37.5 Å². The van der Waals surface area contributed by atoms with Gasteiger partial charge in [0, 0.05) is 55.8 Å². The van der Waals surface area contributed by atoms with Crippen molar-refractivity contribution >= 4 is 84.9 Å². The molecule has 2 fully saturated rings. The van der Waals surface area contributed by atoms with E-state index in [1.54, 1.807) is 56.8 Å². The van der Waals surface area contributed by atoms with Gasteiger partial charge in [-0.3, -0.25) is 24.4 Å². The topological polar surface area (TPSA) is 215 Å². The Kier molecular flexibility index (Phi) is 13.8. The van der Waals surface area contributed by atoms with Crippen LogP contribution in [-0.2, 0) is 53.2 Å². The zero-order valence-corrected chi connectivity index (χ0v) is 38.1. The second-order valence-corrected chi connectivity index (χ2v) is 20.2. The minimum Gasteiger partial charge on any atom is -0.479 e. The molecular weight excluding hydrogens is 884 g/mol. The van der Waals surface area contributed by atoms with E-state index >= 15 is 0 Å². The average Bonchev–Trinajstić information content (AvgIpc) is 3.74. The molecular formula is C45H49ClN6O10S2. The predicted octanol–water partition coefficient (Wildman–Crippen LogP) is 6.87. The first-order valence-electron chi connectivity index (χ1n) is 20.8. The molecule has 3 aromatic carbocycles. The Bertz CT molecular complexity index is 2740. The Morgan fingerprint density at radius 3 is 2.44 bits per heavy atom. The number of hydrogen-bond acceptors (Lipinski definition) is 12. The number of aliphatic carboxylic acids is 1. The summed E-state index contributed by atoms with van der Waals surface area (Å²) in [5.74, 6) is -3.56. The van der Waals surface area contributed by atoms with Crippen LogP contribution in [-0.4, -0.2) is 88.6 Å². The number of halogens is 1. The molecule has 16 nitrogen and oxygen atoms in total. The summed E-state index contributed by atoms with van der Waals surface area (Å²) < 4.78 is 41.4. The smallest absolute Gasteiger partial charge is 0.352 e. The van der Waals surface area contributed by atoms with Gasteiger partial charge in [-0.05, 0) is 93.5 Å². The summed E-state index contributed by atoms with van der Waals surface area (Å²) in [5, 5.41) is 23.5. The largest absolute Gasteiger partial charge is 0.479 e. The molecule has 2 aromatic heterocycles. The molecule has 7 rings (SSSR count). The van der Waals surface area contributed by atoms with Crippen LogP contribution >= 0.6 is 22.9 Å². The second kappa shape index (κ2) is 19.1. The van der Waals surface area contributed by atoms with Crippen LogP contribution in [0.1, 0.15) is 85.3 Å². The maximum absolute atomic E-state index is 13.6. The Labute approximate surface area is 379 Å². The van der Waals surface area contributed by atoms with Crippen LogP contribution in [0.15, 0.2) is 66.7 Å². The summed E-state index contributed by atoms with van der Waals surface area (Å²) in [4.78, 5) is 62.1. The molecule has 19 heteroatoms. The summed E-state index contributed by atoms with van der Waals surface area (Å²) in [6.07, 6.45) is 2.37. The van der Waals surface area contributed by atoms with E-state index in [1.165, 1.54) is 4.31 Å². The lowest BCUT2D eigenvalue weighted by molar-refractivity contribution is -0.139. The lowest BCUT2D eigenvalue weighted by atomic mass is 9.92. The molecule has 3 amide bonds. The first-order chi connectivity index (χ1) is 30.3. The Morgan fingerprint density at radius 1 is 0.984 bits per heavy atom. The number of ether oxygens (including phenoxy) is 2. The quantitative estimate of drug-likeness (QED) is 0.0625. The number of carboxylic acids is 1. The summed E-state index contributed by atoms with van der Waals surface area (Å²) >= 11 is 7.74. The van der Waals surface area contributed by atoms with Gasteiger partial charge in [-0.25, -0.2) is 22.3 Å².